The molecular formula is C28H33ClN2O3. The van der Waals surface area contributed by atoms with Gasteiger partial charge in [-0.3, -0.25) is 4.79 Å². The summed E-state index contributed by atoms with van der Waals surface area (Å²) in [5.41, 5.74) is 8.17. The normalized spacial score (nSPS) is 15.2. The summed E-state index contributed by atoms with van der Waals surface area (Å²) in [7, 11) is 0. The number of carbonyl (C=O) groups excluding carboxylic acids is 1. The lowest BCUT2D eigenvalue weighted by atomic mass is 9.69. The standard InChI is InChI=1S/C28H32N2O3.ClH/c1-20(2)15-16-28(27(29)32,21-9-4-3-5-10-21)25-13-6-7-14-26(25)30-18-24(19-30)33-23-12-8-11-22(31)17-23;/h3-14,17,20,24,31H,15-16,18-19H2,1-2H3,(H2,29,32);1H. The number of benzene rings is 3. The van der Waals surface area contributed by atoms with Crippen LogP contribution in [0.4, 0.5) is 5.69 Å². The molecule has 0 aromatic heterocycles. The SMILES string of the molecule is CC(C)CCC(C(N)=O)(c1ccccc1)c1ccccc1N1CC(Oc2cccc(O)c2)C1.Cl. The van der Waals surface area contributed by atoms with Crippen molar-refractivity contribution in [2.24, 2.45) is 11.7 Å². The molecule has 3 N–H and O–H groups in total. The topological polar surface area (TPSA) is 75.8 Å². The molecule has 0 aliphatic carbocycles. The molecule has 1 fully saturated rings. The summed E-state index contributed by atoms with van der Waals surface area (Å²) in [6.45, 7) is 5.73. The van der Waals surface area contributed by atoms with E-state index in [1.54, 1.807) is 18.2 Å². The van der Waals surface area contributed by atoms with Crippen molar-refractivity contribution in [2.45, 2.75) is 38.2 Å². The summed E-state index contributed by atoms with van der Waals surface area (Å²) in [6.07, 6.45) is 1.54. The third kappa shape index (κ3) is 5.15. The lowest BCUT2D eigenvalue weighted by molar-refractivity contribution is -0.122. The highest BCUT2D eigenvalue weighted by Gasteiger charge is 2.43. The van der Waals surface area contributed by atoms with Gasteiger partial charge in [0.2, 0.25) is 5.91 Å². The Morgan fingerprint density at radius 3 is 2.38 bits per heavy atom. The quantitative estimate of drug-likeness (QED) is 0.436. The van der Waals surface area contributed by atoms with Crippen LogP contribution in [0.15, 0.2) is 78.9 Å². The molecule has 0 saturated carbocycles. The largest absolute Gasteiger partial charge is 0.508 e. The number of primary amides is 1. The predicted octanol–water partition coefficient (Wildman–Crippen LogP) is 5.29. The average molecular weight is 481 g/mol. The molecule has 0 spiro atoms. The van der Waals surface area contributed by atoms with E-state index in [0.29, 0.717) is 31.2 Å². The maximum atomic E-state index is 13.2. The van der Waals surface area contributed by atoms with E-state index in [4.69, 9.17) is 10.5 Å². The molecule has 5 nitrogen and oxygen atoms in total. The van der Waals surface area contributed by atoms with Crippen molar-refractivity contribution in [2.75, 3.05) is 18.0 Å². The Balaban J connectivity index is 0.00000324. The second-order valence-corrected chi connectivity index (χ2v) is 9.23. The summed E-state index contributed by atoms with van der Waals surface area (Å²) in [5, 5.41) is 9.69. The number of nitrogens with two attached hydrogens (primary N) is 1. The fraction of sp³-hybridized carbons (Fsp3) is 0.321. The Morgan fingerprint density at radius 2 is 1.74 bits per heavy atom. The maximum Gasteiger partial charge on any atom is 0.232 e. The Bertz CT molecular complexity index is 1100. The molecule has 1 heterocycles. The third-order valence-electron chi connectivity index (χ3n) is 6.46. The van der Waals surface area contributed by atoms with Crippen molar-refractivity contribution in [1.82, 2.24) is 0 Å². The van der Waals surface area contributed by atoms with E-state index in [2.05, 4.69) is 24.8 Å². The Labute approximate surface area is 208 Å². The average Bonchev–Trinajstić information content (AvgIpc) is 2.77. The first-order valence-electron chi connectivity index (χ1n) is 11.6. The van der Waals surface area contributed by atoms with E-state index >= 15 is 0 Å². The van der Waals surface area contributed by atoms with Gasteiger partial charge in [0.25, 0.3) is 0 Å². The van der Waals surface area contributed by atoms with Crippen LogP contribution in [0, 0.1) is 5.92 Å². The zero-order chi connectivity index (χ0) is 23.4. The first kappa shape index (κ1) is 25.4. The highest BCUT2D eigenvalue weighted by atomic mass is 35.5. The predicted molar refractivity (Wildman–Crippen MR) is 139 cm³/mol. The van der Waals surface area contributed by atoms with Gasteiger partial charge in [-0.25, -0.2) is 0 Å². The van der Waals surface area contributed by atoms with E-state index in [-0.39, 0.29) is 30.2 Å². The first-order chi connectivity index (χ1) is 15.9. The van der Waals surface area contributed by atoms with Crippen molar-refractivity contribution in [1.29, 1.82) is 0 Å². The van der Waals surface area contributed by atoms with Gasteiger partial charge in [-0.15, -0.1) is 12.4 Å². The highest BCUT2D eigenvalue weighted by molar-refractivity contribution is 5.93. The van der Waals surface area contributed by atoms with Gasteiger partial charge in [0, 0.05) is 11.8 Å². The smallest absolute Gasteiger partial charge is 0.232 e. The first-order valence-corrected chi connectivity index (χ1v) is 11.6. The summed E-state index contributed by atoms with van der Waals surface area (Å²) in [4.78, 5) is 15.4. The van der Waals surface area contributed by atoms with Gasteiger partial charge < -0.3 is 20.5 Å². The van der Waals surface area contributed by atoms with Crippen LogP contribution in [-0.4, -0.2) is 30.2 Å². The van der Waals surface area contributed by atoms with E-state index in [9.17, 15) is 9.90 Å². The molecule has 0 bridgehead atoms. The van der Waals surface area contributed by atoms with Crippen LogP contribution in [-0.2, 0) is 10.2 Å². The van der Waals surface area contributed by atoms with E-state index < -0.39 is 5.41 Å². The lowest BCUT2D eigenvalue weighted by Crippen LogP contribution is -2.55. The minimum atomic E-state index is -0.903. The fourth-order valence-corrected chi connectivity index (χ4v) is 4.63. The number of halogens is 1. The number of phenols is 1. The zero-order valence-corrected chi connectivity index (χ0v) is 20.5. The van der Waals surface area contributed by atoms with Crippen LogP contribution < -0.4 is 15.4 Å². The Hall–Kier alpha value is -3.18. The van der Waals surface area contributed by atoms with Gasteiger partial charge >= 0.3 is 0 Å². The molecule has 1 aliphatic heterocycles. The molecule has 1 saturated heterocycles. The number of para-hydroxylation sites is 1. The van der Waals surface area contributed by atoms with Crippen LogP contribution in [0.2, 0.25) is 0 Å². The molecule has 4 rings (SSSR count). The van der Waals surface area contributed by atoms with E-state index in [1.165, 1.54) is 0 Å². The number of rotatable bonds is 9. The molecule has 1 atom stereocenters. The monoisotopic (exact) mass is 480 g/mol. The second-order valence-electron chi connectivity index (χ2n) is 9.23. The van der Waals surface area contributed by atoms with Crippen molar-refractivity contribution in [3.8, 4) is 11.5 Å². The second kappa shape index (κ2) is 10.8. The number of amides is 1. The minimum absolute atomic E-state index is 0. The number of aromatic hydroxyl groups is 1. The molecule has 180 valence electrons. The summed E-state index contributed by atoms with van der Waals surface area (Å²) in [5.74, 6) is 0.965. The van der Waals surface area contributed by atoms with Gasteiger partial charge in [0.15, 0.2) is 0 Å². The van der Waals surface area contributed by atoms with Crippen LogP contribution in [0.1, 0.15) is 37.8 Å². The van der Waals surface area contributed by atoms with Gasteiger partial charge in [-0.05, 0) is 48.1 Å². The van der Waals surface area contributed by atoms with Gasteiger partial charge in [-0.1, -0.05) is 68.4 Å². The number of ether oxygens (including phenoxy) is 1. The fourth-order valence-electron chi connectivity index (χ4n) is 4.63. The molecular weight excluding hydrogens is 448 g/mol. The van der Waals surface area contributed by atoms with E-state index in [1.807, 2.05) is 54.6 Å². The van der Waals surface area contributed by atoms with Crippen LogP contribution >= 0.6 is 12.4 Å². The number of nitrogens with zero attached hydrogens (tertiary/aromatic N) is 1. The molecule has 3 aromatic rings. The number of hydrogen-bond acceptors (Lipinski definition) is 4. The van der Waals surface area contributed by atoms with Crippen molar-refractivity contribution < 1.29 is 14.6 Å². The number of hydrogen-bond donors (Lipinski definition) is 2. The van der Waals surface area contributed by atoms with Gasteiger partial charge in [0.1, 0.15) is 23.0 Å². The third-order valence-corrected chi connectivity index (χ3v) is 6.46. The molecule has 3 aromatic carbocycles. The Kier molecular flexibility index (Phi) is 8.11. The Morgan fingerprint density at radius 1 is 1.06 bits per heavy atom. The van der Waals surface area contributed by atoms with Crippen LogP contribution in [0.25, 0.3) is 0 Å². The van der Waals surface area contributed by atoms with Crippen molar-refractivity contribution in [3.63, 3.8) is 0 Å². The van der Waals surface area contributed by atoms with Gasteiger partial charge in [-0.2, -0.15) is 0 Å². The number of anilines is 1. The van der Waals surface area contributed by atoms with Gasteiger partial charge in [0.05, 0.1) is 13.1 Å². The minimum Gasteiger partial charge on any atom is -0.508 e. The number of carbonyl (C=O) groups is 1. The zero-order valence-electron chi connectivity index (χ0n) is 19.7. The highest BCUT2D eigenvalue weighted by Crippen LogP contribution is 2.43. The van der Waals surface area contributed by atoms with E-state index in [0.717, 1.165) is 23.2 Å². The molecule has 6 heteroatoms. The molecule has 0 radical (unpaired) electrons. The summed E-state index contributed by atoms with van der Waals surface area (Å²) in [6, 6.07) is 24.9. The molecule has 34 heavy (non-hydrogen) atoms. The van der Waals surface area contributed by atoms with Crippen molar-refractivity contribution >= 4 is 24.0 Å². The lowest BCUT2D eigenvalue weighted by Gasteiger charge is -2.44. The molecule has 1 aliphatic rings. The molecule has 1 unspecified atom stereocenters. The summed E-state index contributed by atoms with van der Waals surface area (Å²) >= 11 is 0. The van der Waals surface area contributed by atoms with Crippen molar-refractivity contribution in [3.05, 3.63) is 90.0 Å². The maximum absolute atomic E-state index is 13.2. The van der Waals surface area contributed by atoms with Crippen LogP contribution in [0.5, 0.6) is 11.5 Å². The molecule has 1 amide bonds. The summed E-state index contributed by atoms with van der Waals surface area (Å²) < 4.78 is 6.03. The van der Waals surface area contributed by atoms with Crippen LogP contribution in [0.3, 0.4) is 0 Å². The number of phenolic OH excluding ortho intramolecular Hbond substituents is 1.